The maximum atomic E-state index is 12.0. The van der Waals surface area contributed by atoms with Gasteiger partial charge in [0.25, 0.3) is 5.91 Å². The van der Waals surface area contributed by atoms with E-state index in [-0.39, 0.29) is 19.5 Å². The van der Waals surface area contributed by atoms with Crippen molar-refractivity contribution in [3.8, 4) is 0 Å². The molecule has 1 heterocycles. The Balaban J connectivity index is -0.000000855. The summed E-state index contributed by atoms with van der Waals surface area (Å²) in [5, 5.41) is 11.4. The molecule has 1 aliphatic rings. The van der Waals surface area contributed by atoms with E-state index in [9.17, 15) is 24.0 Å². The van der Waals surface area contributed by atoms with Gasteiger partial charge in [-0.15, -0.1) is 0 Å². The van der Waals surface area contributed by atoms with Gasteiger partial charge in [-0.05, 0) is 12.8 Å². The van der Waals surface area contributed by atoms with Crippen LogP contribution in [0.3, 0.4) is 0 Å². The van der Waals surface area contributed by atoms with Gasteiger partial charge in [0.15, 0.2) is 0 Å². The van der Waals surface area contributed by atoms with Gasteiger partial charge in [0.1, 0.15) is 12.6 Å². The zero-order chi connectivity index (χ0) is 24.8. The van der Waals surface area contributed by atoms with Crippen molar-refractivity contribution in [1.29, 1.82) is 0 Å². The van der Waals surface area contributed by atoms with Crippen molar-refractivity contribution in [3.05, 3.63) is 0 Å². The third-order valence-electron chi connectivity index (χ3n) is 3.34. The fourth-order valence-corrected chi connectivity index (χ4v) is 2.16. The van der Waals surface area contributed by atoms with Gasteiger partial charge in [-0.3, -0.25) is 28.8 Å². The van der Waals surface area contributed by atoms with E-state index in [1.165, 1.54) is 18.4 Å². The monoisotopic (exact) mass is 449 g/mol. The van der Waals surface area contributed by atoms with Crippen LogP contribution in [0, 0.1) is 0 Å². The Labute approximate surface area is 181 Å². The highest BCUT2D eigenvalue weighted by Gasteiger charge is 2.36. The lowest BCUT2D eigenvalue weighted by molar-refractivity contribution is -0.144. The highest BCUT2D eigenvalue weighted by molar-refractivity contribution is 6.38. The first kappa shape index (κ1) is 32.6. The van der Waals surface area contributed by atoms with Crippen molar-refractivity contribution in [3.63, 3.8) is 0 Å². The summed E-state index contributed by atoms with van der Waals surface area (Å²) in [7, 11) is 2.17. The number of Topliss-reactive ketones (excluding diaryl/α,β-unsaturated/α-hetero) is 1. The molecular weight excluding hydrogens is 414 g/mol. The molecule has 0 aromatic rings. The second kappa shape index (κ2) is 21.6. The summed E-state index contributed by atoms with van der Waals surface area (Å²) in [5.41, 5.74) is 9.43. The summed E-state index contributed by atoms with van der Waals surface area (Å²) < 4.78 is 4.33. The zero-order valence-electron chi connectivity index (χ0n) is 18.5. The molecule has 1 unspecified atom stereocenters. The quantitative estimate of drug-likeness (QED) is 0.152. The van der Waals surface area contributed by atoms with Gasteiger partial charge < -0.3 is 36.8 Å². The molecule has 1 rings (SSSR count). The Morgan fingerprint density at radius 2 is 1.65 bits per heavy atom. The molecule has 0 saturated carbocycles. The standard InChI is InChI=1S/C13H20N4O6.C3H8.CH3NO.CH4O/c1-23-11(20)7-15-9(18)6-16-13(22)12(21)8-3-2-4-17(8)10(19)5-14;1-3-2;2-1-3;1-2/h8H,2-7,14H2,1H3,(H,15,18)(H,16,22);3H2,1-2H3;1H,(H2,2,3);2H,1H3. The summed E-state index contributed by atoms with van der Waals surface area (Å²) in [6, 6.07) is -0.843. The molecule has 0 bridgehead atoms. The van der Waals surface area contributed by atoms with Gasteiger partial charge in [-0.25, -0.2) is 0 Å². The van der Waals surface area contributed by atoms with E-state index in [0.29, 0.717) is 19.4 Å². The van der Waals surface area contributed by atoms with Crippen LogP contribution in [0.5, 0.6) is 0 Å². The number of esters is 1. The maximum absolute atomic E-state index is 12.0. The number of amides is 4. The number of nitrogens with two attached hydrogens (primary N) is 2. The smallest absolute Gasteiger partial charge is 0.325 e. The molecule has 13 nitrogen and oxygen atoms in total. The molecule has 7 N–H and O–H groups in total. The van der Waals surface area contributed by atoms with Crippen molar-refractivity contribution in [1.82, 2.24) is 15.5 Å². The maximum Gasteiger partial charge on any atom is 0.325 e. The molecule has 1 aliphatic heterocycles. The van der Waals surface area contributed by atoms with Gasteiger partial charge in [0.2, 0.25) is 24.0 Å². The molecule has 31 heavy (non-hydrogen) atoms. The van der Waals surface area contributed by atoms with Crippen LogP contribution < -0.4 is 22.1 Å². The van der Waals surface area contributed by atoms with Crippen LogP contribution in [0.25, 0.3) is 0 Å². The zero-order valence-corrected chi connectivity index (χ0v) is 18.5. The minimum Gasteiger partial charge on any atom is -0.468 e. The normalized spacial score (nSPS) is 13.5. The third-order valence-corrected chi connectivity index (χ3v) is 3.34. The molecule has 1 saturated heterocycles. The van der Waals surface area contributed by atoms with Crippen LogP contribution in [0.2, 0.25) is 0 Å². The Morgan fingerprint density at radius 3 is 2.10 bits per heavy atom. The fourth-order valence-electron chi connectivity index (χ4n) is 2.16. The van der Waals surface area contributed by atoms with Crippen molar-refractivity contribution in [2.24, 2.45) is 11.5 Å². The molecule has 0 aromatic heterocycles. The molecule has 0 aliphatic carbocycles. The van der Waals surface area contributed by atoms with Crippen LogP contribution >= 0.6 is 0 Å². The first-order chi connectivity index (χ1) is 14.7. The first-order valence-electron chi connectivity index (χ1n) is 9.48. The predicted octanol–water partition coefficient (Wildman–Crippen LogP) is -2.96. The number of hydrogen-bond acceptors (Lipinski definition) is 9. The van der Waals surface area contributed by atoms with Crippen molar-refractivity contribution in [2.75, 3.05) is 40.4 Å². The van der Waals surface area contributed by atoms with Crippen molar-refractivity contribution >= 4 is 35.9 Å². The van der Waals surface area contributed by atoms with E-state index < -0.39 is 42.1 Å². The average Bonchev–Trinajstić information content (AvgIpc) is 3.27. The van der Waals surface area contributed by atoms with E-state index in [4.69, 9.17) is 15.6 Å². The number of carbonyl (C=O) groups excluding carboxylic acids is 6. The summed E-state index contributed by atoms with van der Waals surface area (Å²) in [6.45, 7) is 3.60. The Hall–Kier alpha value is -3.06. The molecule has 1 atom stereocenters. The second-order valence-corrected chi connectivity index (χ2v) is 5.69. The minimum absolute atomic E-state index is 0.235. The average molecular weight is 450 g/mol. The van der Waals surface area contributed by atoms with Gasteiger partial charge in [0.05, 0.1) is 20.2 Å². The number of methoxy groups -OCH3 is 1. The van der Waals surface area contributed by atoms with Gasteiger partial charge in [0, 0.05) is 13.7 Å². The van der Waals surface area contributed by atoms with Crippen LogP contribution in [-0.2, 0) is 33.5 Å². The predicted molar refractivity (Wildman–Crippen MR) is 111 cm³/mol. The van der Waals surface area contributed by atoms with Crippen LogP contribution in [0.4, 0.5) is 0 Å². The van der Waals surface area contributed by atoms with E-state index in [1.54, 1.807) is 0 Å². The number of hydrogen-bond donors (Lipinski definition) is 5. The highest BCUT2D eigenvalue weighted by Crippen LogP contribution is 2.17. The number of nitrogens with one attached hydrogen (secondary N) is 2. The highest BCUT2D eigenvalue weighted by atomic mass is 16.5. The Morgan fingerprint density at radius 1 is 1.13 bits per heavy atom. The van der Waals surface area contributed by atoms with Gasteiger partial charge in [-0.2, -0.15) is 0 Å². The van der Waals surface area contributed by atoms with E-state index in [2.05, 4.69) is 35.0 Å². The van der Waals surface area contributed by atoms with Gasteiger partial charge in [-0.1, -0.05) is 20.3 Å². The minimum atomic E-state index is -0.958. The summed E-state index contributed by atoms with van der Waals surface area (Å²) in [6.07, 6.45) is 2.49. The molecule has 13 heteroatoms. The lowest BCUT2D eigenvalue weighted by Crippen LogP contribution is -2.49. The summed E-state index contributed by atoms with van der Waals surface area (Å²) >= 11 is 0. The van der Waals surface area contributed by atoms with E-state index in [1.807, 2.05) is 0 Å². The number of likely N-dealkylation sites (tertiary alicyclic amines) is 1. The number of carbonyl (C=O) groups is 6. The Kier molecular flexibility index (Phi) is 22.8. The molecule has 180 valence electrons. The molecule has 0 radical (unpaired) electrons. The largest absolute Gasteiger partial charge is 0.468 e. The summed E-state index contributed by atoms with van der Waals surface area (Å²) in [5.74, 6) is -3.42. The van der Waals surface area contributed by atoms with Crippen LogP contribution in [-0.4, -0.2) is 92.3 Å². The number of aliphatic hydroxyl groups is 1. The van der Waals surface area contributed by atoms with Crippen molar-refractivity contribution < 1.29 is 38.6 Å². The number of nitrogens with zero attached hydrogens (tertiary/aromatic N) is 1. The number of aliphatic hydroxyl groups excluding tert-OH is 1. The molecule has 1 fully saturated rings. The van der Waals surface area contributed by atoms with Gasteiger partial charge >= 0.3 is 5.97 Å². The van der Waals surface area contributed by atoms with Crippen LogP contribution in [0.1, 0.15) is 33.1 Å². The van der Waals surface area contributed by atoms with Crippen LogP contribution in [0.15, 0.2) is 0 Å². The topological polar surface area (TPSA) is 211 Å². The lowest BCUT2D eigenvalue weighted by atomic mass is 10.1. The van der Waals surface area contributed by atoms with E-state index in [0.717, 1.165) is 7.11 Å². The molecule has 4 amide bonds. The van der Waals surface area contributed by atoms with E-state index >= 15 is 0 Å². The fraction of sp³-hybridized carbons (Fsp3) is 0.667. The second-order valence-electron chi connectivity index (χ2n) is 5.69. The number of ketones is 1. The SMILES string of the molecule is CCC.CO.COC(=O)CNC(=O)CNC(=O)C(=O)C1CCCN1C(=O)CN.NC=O. The third kappa shape index (κ3) is 15.4. The lowest BCUT2D eigenvalue weighted by Gasteiger charge is -2.22. The number of primary amides is 1. The number of rotatable bonds is 7. The molecule has 0 spiro atoms. The Bertz CT molecular complexity index is 571. The molecular formula is C18H35N5O8. The first-order valence-corrected chi connectivity index (χ1v) is 9.48. The summed E-state index contributed by atoms with van der Waals surface area (Å²) in [4.78, 5) is 67.5. The van der Waals surface area contributed by atoms with Crippen molar-refractivity contribution in [2.45, 2.75) is 39.2 Å². The number of ether oxygens (including phenoxy) is 1. The molecule has 0 aromatic carbocycles.